The molecule has 2 rings (SSSR count). The van der Waals surface area contributed by atoms with Crippen LogP contribution in [-0.4, -0.2) is 54.6 Å². The molecule has 3 atom stereocenters. The number of ketones is 1. The number of nitrogens with one attached hydrogen (secondary N) is 4. The Labute approximate surface area is 235 Å². The molecule has 40 heavy (non-hydrogen) atoms. The van der Waals surface area contributed by atoms with E-state index in [4.69, 9.17) is 0 Å². The summed E-state index contributed by atoms with van der Waals surface area (Å²) in [5, 5.41) is 21.9. The molecule has 10 heteroatoms. The predicted molar refractivity (Wildman–Crippen MR) is 151 cm³/mol. The Balaban J connectivity index is 2.16. The molecule has 2 aromatic carbocycles. The van der Waals surface area contributed by atoms with Gasteiger partial charge < -0.3 is 26.4 Å². The van der Waals surface area contributed by atoms with Crippen LogP contribution in [-0.2, 0) is 29.0 Å². The Hall–Kier alpha value is -3.37. The van der Waals surface area contributed by atoms with Gasteiger partial charge in [0.15, 0.2) is 0 Å². The lowest BCUT2D eigenvalue weighted by molar-refractivity contribution is -0.125. The summed E-state index contributed by atoms with van der Waals surface area (Å²) in [6.45, 7) is 4.60. The van der Waals surface area contributed by atoms with Crippen LogP contribution in [0.3, 0.4) is 0 Å². The standard InChI is InChI=1S/C30H42F2N4O4/c1-4-6-10-25(37)11-12-26(36-30(40)33-3)29(39)35-27(16-22-14-23(31)17-24(32)15-22)28(38)19-34-18-21-9-7-8-20(5-2)13-21/h7-9,13-15,17,26-28,34,38H,4-6,10-12,16,18-19H2,1-3H3,(H,35,39)(H2,33,36,40)/t26-,27+,28-/m1/s1. The van der Waals surface area contributed by atoms with E-state index in [0.717, 1.165) is 43.0 Å². The number of aryl methyl sites for hydroxylation is 1. The van der Waals surface area contributed by atoms with Gasteiger partial charge in [-0.2, -0.15) is 0 Å². The van der Waals surface area contributed by atoms with Crippen molar-refractivity contribution in [3.63, 3.8) is 0 Å². The van der Waals surface area contributed by atoms with E-state index in [1.165, 1.54) is 12.6 Å². The number of benzene rings is 2. The minimum Gasteiger partial charge on any atom is -0.390 e. The SMILES string of the molecule is CCCCC(=O)CC[C@@H](NC(=O)NC)C(=O)N[C@@H](Cc1cc(F)cc(F)c1)[C@H](O)CNCc1cccc(CC)c1. The molecule has 0 saturated heterocycles. The normalized spacial score (nSPS) is 13.2. The first kappa shape index (κ1) is 32.8. The number of aliphatic hydroxyl groups excluding tert-OH is 1. The molecule has 0 spiro atoms. The fraction of sp³-hybridized carbons (Fsp3) is 0.500. The van der Waals surface area contributed by atoms with Crippen molar-refractivity contribution in [2.45, 2.75) is 83.5 Å². The molecule has 2 aromatic rings. The van der Waals surface area contributed by atoms with Crippen LogP contribution in [0.1, 0.15) is 62.6 Å². The molecule has 0 bridgehead atoms. The summed E-state index contributed by atoms with van der Waals surface area (Å²) < 4.78 is 27.8. The summed E-state index contributed by atoms with van der Waals surface area (Å²) in [6.07, 6.45) is 1.88. The summed E-state index contributed by atoms with van der Waals surface area (Å²) in [4.78, 5) is 37.5. The zero-order valence-electron chi connectivity index (χ0n) is 23.6. The Morgan fingerprint density at radius 2 is 1.62 bits per heavy atom. The minimum absolute atomic E-state index is 0.0125. The molecule has 0 saturated carbocycles. The van der Waals surface area contributed by atoms with E-state index in [9.17, 15) is 28.3 Å². The van der Waals surface area contributed by atoms with Gasteiger partial charge in [0.1, 0.15) is 23.5 Å². The molecule has 0 heterocycles. The smallest absolute Gasteiger partial charge is 0.315 e. The average molecular weight is 561 g/mol. The van der Waals surface area contributed by atoms with E-state index in [1.54, 1.807) is 0 Å². The molecular weight excluding hydrogens is 518 g/mol. The van der Waals surface area contributed by atoms with E-state index in [-0.39, 0.29) is 37.2 Å². The van der Waals surface area contributed by atoms with Crippen LogP contribution in [0.25, 0.3) is 0 Å². The van der Waals surface area contributed by atoms with Crippen molar-refractivity contribution in [2.24, 2.45) is 0 Å². The zero-order chi connectivity index (χ0) is 29.5. The van der Waals surface area contributed by atoms with Crippen molar-refractivity contribution >= 4 is 17.7 Å². The highest BCUT2D eigenvalue weighted by Gasteiger charge is 2.27. The molecule has 0 radical (unpaired) electrons. The van der Waals surface area contributed by atoms with Gasteiger partial charge >= 0.3 is 6.03 Å². The molecule has 0 aliphatic heterocycles. The van der Waals surface area contributed by atoms with E-state index >= 15 is 0 Å². The number of hydrogen-bond acceptors (Lipinski definition) is 5. The van der Waals surface area contributed by atoms with Gasteiger partial charge in [0, 0.05) is 39.0 Å². The van der Waals surface area contributed by atoms with Crippen LogP contribution in [0.4, 0.5) is 13.6 Å². The van der Waals surface area contributed by atoms with Gasteiger partial charge in [-0.3, -0.25) is 9.59 Å². The Bertz CT molecular complexity index is 1090. The number of Topliss-reactive ketones (excluding diaryl/α,β-unsaturated/α-hetero) is 1. The number of rotatable bonds is 17. The van der Waals surface area contributed by atoms with E-state index in [1.807, 2.05) is 25.1 Å². The molecule has 0 unspecified atom stereocenters. The van der Waals surface area contributed by atoms with Crippen LogP contribution in [0.15, 0.2) is 42.5 Å². The lowest BCUT2D eigenvalue weighted by Gasteiger charge is -2.27. The van der Waals surface area contributed by atoms with Crippen LogP contribution >= 0.6 is 0 Å². The molecule has 0 fully saturated rings. The fourth-order valence-electron chi connectivity index (χ4n) is 4.32. The Morgan fingerprint density at radius 1 is 0.925 bits per heavy atom. The lowest BCUT2D eigenvalue weighted by atomic mass is 9.99. The molecule has 0 aromatic heterocycles. The number of aliphatic hydroxyl groups is 1. The second kappa shape index (κ2) is 17.3. The fourth-order valence-corrected chi connectivity index (χ4v) is 4.32. The van der Waals surface area contributed by atoms with Gasteiger partial charge in [-0.1, -0.05) is 44.5 Å². The third-order valence-corrected chi connectivity index (χ3v) is 6.62. The highest BCUT2D eigenvalue weighted by Crippen LogP contribution is 2.13. The van der Waals surface area contributed by atoms with E-state index in [2.05, 4.69) is 34.3 Å². The molecule has 0 aliphatic rings. The highest BCUT2D eigenvalue weighted by atomic mass is 19.1. The molecular formula is C30H42F2N4O4. The van der Waals surface area contributed by atoms with Crippen LogP contribution in [0.5, 0.6) is 0 Å². The quantitative estimate of drug-likeness (QED) is 0.203. The van der Waals surface area contributed by atoms with Crippen LogP contribution in [0.2, 0.25) is 0 Å². The van der Waals surface area contributed by atoms with Crippen molar-refractivity contribution < 1.29 is 28.3 Å². The third kappa shape index (κ3) is 11.8. The maximum Gasteiger partial charge on any atom is 0.315 e. The largest absolute Gasteiger partial charge is 0.390 e. The van der Waals surface area contributed by atoms with Crippen molar-refractivity contribution in [1.29, 1.82) is 0 Å². The second-order valence-electron chi connectivity index (χ2n) is 9.93. The minimum atomic E-state index is -1.13. The monoisotopic (exact) mass is 560 g/mol. The number of urea groups is 1. The maximum atomic E-state index is 13.9. The highest BCUT2D eigenvalue weighted by molar-refractivity contribution is 5.88. The van der Waals surface area contributed by atoms with E-state index < -0.39 is 41.8 Å². The second-order valence-corrected chi connectivity index (χ2v) is 9.93. The van der Waals surface area contributed by atoms with E-state index in [0.29, 0.717) is 13.0 Å². The topological polar surface area (TPSA) is 120 Å². The Kier molecular flexibility index (Phi) is 14.2. The third-order valence-electron chi connectivity index (χ3n) is 6.62. The number of halogens is 2. The molecule has 5 N–H and O–H groups in total. The summed E-state index contributed by atoms with van der Waals surface area (Å²) in [5.74, 6) is -2.16. The maximum absolute atomic E-state index is 13.9. The molecule has 8 nitrogen and oxygen atoms in total. The number of carbonyl (C=O) groups excluding carboxylic acids is 3. The number of amides is 3. The van der Waals surface area contributed by atoms with Crippen molar-refractivity contribution in [2.75, 3.05) is 13.6 Å². The number of unbranched alkanes of at least 4 members (excludes halogenated alkanes) is 1. The number of hydrogen-bond donors (Lipinski definition) is 5. The first-order valence-electron chi connectivity index (χ1n) is 13.9. The number of carbonyl (C=O) groups is 3. The van der Waals surface area contributed by atoms with Gasteiger partial charge in [-0.15, -0.1) is 0 Å². The first-order chi connectivity index (χ1) is 19.1. The van der Waals surface area contributed by atoms with Crippen LogP contribution < -0.4 is 21.3 Å². The average Bonchev–Trinajstić information content (AvgIpc) is 2.92. The summed E-state index contributed by atoms with van der Waals surface area (Å²) in [6, 6.07) is 8.47. The van der Waals surface area contributed by atoms with Crippen molar-refractivity contribution in [3.05, 3.63) is 70.8 Å². The first-order valence-corrected chi connectivity index (χ1v) is 13.9. The van der Waals surface area contributed by atoms with Gasteiger partial charge in [0.2, 0.25) is 5.91 Å². The zero-order valence-corrected chi connectivity index (χ0v) is 23.6. The lowest BCUT2D eigenvalue weighted by Crippen LogP contribution is -2.55. The molecule has 3 amide bonds. The van der Waals surface area contributed by atoms with Gasteiger partial charge in [-0.25, -0.2) is 13.6 Å². The van der Waals surface area contributed by atoms with Gasteiger partial charge in [-0.05, 0) is 54.5 Å². The molecule has 220 valence electrons. The Morgan fingerprint density at radius 3 is 2.27 bits per heavy atom. The van der Waals surface area contributed by atoms with Gasteiger partial charge in [0.05, 0.1) is 12.1 Å². The summed E-state index contributed by atoms with van der Waals surface area (Å²) in [7, 11) is 1.41. The summed E-state index contributed by atoms with van der Waals surface area (Å²) in [5.41, 5.74) is 2.46. The predicted octanol–water partition coefficient (Wildman–Crippen LogP) is 3.54. The van der Waals surface area contributed by atoms with Crippen molar-refractivity contribution in [1.82, 2.24) is 21.3 Å². The summed E-state index contributed by atoms with van der Waals surface area (Å²) >= 11 is 0. The van der Waals surface area contributed by atoms with Crippen molar-refractivity contribution in [3.8, 4) is 0 Å². The van der Waals surface area contributed by atoms with Gasteiger partial charge in [0.25, 0.3) is 0 Å². The molecule has 0 aliphatic carbocycles. The van der Waals surface area contributed by atoms with Crippen LogP contribution in [0, 0.1) is 11.6 Å².